The molecule has 0 atom stereocenters. The lowest BCUT2D eigenvalue weighted by atomic mass is 10.1. The molecular formula is C22H25N3O3. The maximum Gasteiger partial charge on any atom is 0.260 e. The quantitative estimate of drug-likeness (QED) is 0.713. The second-order valence-corrected chi connectivity index (χ2v) is 6.95. The second kappa shape index (κ2) is 8.25. The summed E-state index contributed by atoms with van der Waals surface area (Å²) < 4.78 is 5.82. The van der Waals surface area contributed by atoms with Crippen LogP contribution in [-0.2, 0) is 11.3 Å². The zero-order valence-electron chi connectivity index (χ0n) is 16.7. The maximum absolute atomic E-state index is 12.7. The number of H-pyrrole nitrogens is 1. The van der Waals surface area contributed by atoms with E-state index in [1.165, 1.54) is 0 Å². The van der Waals surface area contributed by atoms with Crippen molar-refractivity contribution in [1.82, 2.24) is 14.9 Å². The third-order valence-corrected chi connectivity index (χ3v) is 4.68. The van der Waals surface area contributed by atoms with E-state index in [2.05, 4.69) is 9.97 Å². The van der Waals surface area contributed by atoms with Crippen molar-refractivity contribution in [3.8, 4) is 5.75 Å². The summed E-state index contributed by atoms with van der Waals surface area (Å²) in [5, 5.41) is 0.536. The highest BCUT2D eigenvalue weighted by atomic mass is 16.5. The lowest BCUT2D eigenvalue weighted by molar-refractivity contribution is -0.133. The third kappa shape index (κ3) is 4.22. The van der Waals surface area contributed by atoms with Crippen LogP contribution in [0.1, 0.15) is 29.4 Å². The smallest absolute Gasteiger partial charge is 0.260 e. The number of nitrogens with one attached hydrogen (secondary N) is 1. The first kappa shape index (κ1) is 19.6. The lowest BCUT2D eigenvalue weighted by Crippen LogP contribution is -2.35. The molecule has 0 aliphatic rings. The van der Waals surface area contributed by atoms with E-state index in [1.54, 1.807) is 23.1 Å². The Kier molecular flexibility index (Phi) is 5.78. The standard InChI is InChI=1S/C22H25N3O3/c1-5-25(12-19-23-18-9-7-6-8-17(18)22(27)24-19)20(26)13-28-21-15(3)10-14(2)11-16(21)4/h6-11H,5,12-13H2,1-4H3,(H,23,24,27). The Morgan fingerprint density at radius 2 is 1.82 bits per heavy atom. The zero-order chi connectivity index (χ0) is 20.3. The fourth-order valence-electron chi connectivity index (χ4n) is 3.39. The van der Waals surface area contributed by atoms with Crippen LogP contribution in [0.4, 0.5) is 0 Å². The normalized spacial score (nSPS) is 10.9. The summed E-state index contributed by atoms with van der Waals surface area (Å²) in [7, 11) is 0. The van der Waals surface area contributed by atoms with Gasteiger partial charge in [-0.3, -0.25) is 9.59 Å². The van der Waals surface area contributed by atoms with Gasteiger partial charge in [-0.05, 0) is 51.0 Å². The van der Waals surface area contributed by atoms with Crippen LogP contribution in [0.15, 0.2) is 41.2 Å². The largest absolute Gasteiger partial charge is 0.483 e. The first-order valence-corrected chi connectivity index (χ1v) is 9.35. The van der Waals surface area contributed by atoms with E-state index >= 15 is 0 Å². The van der Waals surface area contributed by atoms with Crippen molar-refractivity contribution < 1.29 is 9.53 Å². The monoisotopic (exact) mass is 379 g/mol. The molecule has 3 rings (SSSR count). The summed E-state index contributed by atoms with van der Waals surface area (Å²) in [5.74, 6) is 1.05. The van der Waals surface area contributed by atoms with Crippen molar-refractivity contribution in [1.29, 1.82) is 0 Å². The minimum atomic E-state index is -0.203. The average molecular weight is 379 g/mol. The number of hydrogen-bond donors (Lipinski definition) is 1. The molecular weight excluding hydrogens is 354 g/mol. The first-order valence-electron chi connectivity index (χ1n) is 9.35. The van der Waals surface area contributed by atoms with Gasteiger partial charge >= 0.3 is 0 Å². The van der Waals surface area contributed by atoms with E-state index in [0.29, 0.717) is 23.3 Å². The van der Waals surface area contributed by atoms with E-state index < -0.39 is 0 Å². The molecule has 0 fully saturated rings. The average Bonchev–Trinajstić information content (AvgIpc) is 2.65. The Balaban J connectivity index is 1.73. The van der Waals surface area contributed by atoms with Crippen molar-refractivity contribution in [3.05, 3.63) is 69.3 Å². The van der Waals surface area contributed by atoms with Gasteiger partial charge in [-0.15, -0.1) is 0 Å². The van der Waals surface area contributed by atoms with Crippen LogP contribution in [-0.4, -0.2) is 33.9 Å². The molecule has 1 heterocycles. The first-order chi connectivity index (χ1) is 13.4. The molecule has 3 aromatic rings. The molecule has 2 aromatic carbocycles. The molecule has 28 heavy (non-hydrogen) atoms. The van der Waals surface area contributed by atoms with Crippen LogP contribution in [0.25, 0.3) is 10.9 Å². The van der Waals surface area contributed by atoms with Gasteiger partial charge in [-0.1, -0.05) is 29.8 Å². The molecule has 1 aromatic heterocycles. The molecule has 146 valence electrons. The number of para-hydroxylation sites is 1. The number of hydrogen-bond acceptors (Lipinski definition) is 4. The van der Waals surface area contributed by atoms with Crippen molar-refractivity contribution in [3.63, 3.8) is 0 Å². The molecule has 1 N–H and O–H groups in total. The molecule has 1 amide bonds. The van der Waals surface area contributed by atoms with Crippen LogP contribution in [0, 0.1) is 20.8 Å². The molecule has 0 saturated heterocycles. The minimum absolute atomic E-state index is 0.0591. The number of carbonyl (C=O) groups excluding carboxylic acids is 1. The van der Waals surface area contributed by atoms with Crippen molar-refractivity contribution in [2.75, 3.05) is 13.2 Å². The number of aromatic amines is 1. The molecule has 6 heteroatoms. The summed E-state index contributed by atoms with van der Waals surface area (Å²) in [6.45, 7) is 8.53. The van der Waals surface area contributed by atoms with Crippen molar-refractivity contribution >= 4 is 16.8 Å². The van der Waals surface area contributed by atoms with Crippen LogP contribution >= 0.6 is 0 Å². The number of likely N-dealkylation sites (N-methyl/N-ethyl adjacent to an activating group) is 1. The Bertz CT molecular complexity index is 1050. The number of amides is 1. The SMILES string of the molecule is CCN(Cc1nc2ccccc2c(=O)[nH]1)C(=O)COc1c(C)cc(C)cc1C. The van der Waals surface area contributed by atoms with Gasteiger partial charge in [-0.2, -0.15) is 0 Å². The zero-order valence-corrected chi connectivity index (χ0v) is 16.7. The number of fused-ring (bicyclic) bond motifs is 1. The van der Waals surface area contributed by atoms with Gasteiger partial charge in [-0.25, -0.2) is 4.98 Å². The number of ether oxygens (including phenoxy) is 1. The molecule has 6 nitrogen and oxygen atoms in total. The van der Waals surface area contributed by atoms with E-state index in [-0.39, 0.29) is 24.6 Å². The third-order valence-electron chi connectivity index (χ3n) is 4.68. The highest BCUT2D eigenvalue weighted by Crippen LogP contribution is 2.24. The minimum Gasteiger partial charge on any atom is -0.483 e. The molecule has 0 unspecified atom stereocenters. The second-order valence-electron chi connectivity index (χ2n) is 6.95. The Morgan fingerprint density at radius 3 is 2.50 bits per heavy atom. The van der Waals surface area contributed by atoms with Gasteiger partial charge in [0.15, 0.2) is 6.61 Å². The van der Waals surface area contributed by atoms with E-state index in [0.717, 1.165) is 22.4 Å². The number of rotatable bonds is 6. The van der Waals surface area contributed by atoms with Gasteiger partial charge in [0.1, 0.15) is 11.6 Å². The van der Waals surface area contributed by atoms with Crippen molar-refractivity contribution in [2.24, 2.45) is 0 Å². The number of nitrogens with zero attached hydrogens (tertiary/aromatic N) is 2. The lowest BCUT2D eigenvalue weighted by Gasteiger charge is -2.21. The van der Waals surface area contributed by atoms with Gasteiger partial charge < -0.3 is 14.6 Å². The molecule has 0 radical (unpaired) electrons. The Hall–Kier alpha value is -3.15. The maximum atomic E-state index is 12.7. The van der Waals surface area contributed by atoms with Crippen molar-refractivity contribution in [2.45, 2.75) is 34.2 Å². The summed E-state index contributed by atoms with van der Waals surface area (Å²) in [4.78, 5) is 33.8. The predicted octanol–water partition coefficient (Wildman–Crippen LogP) is 3.28. The number of carbonyl (C=O) groups is 1. The summed E-state index contributed by atoms with van der Waals surface area (Å²) >= 11 is 0. The number of benzene rings is 2. The van der Waals surface area contributed by atoms with Crippen LogP contribution < -0.4 is 10.3 Å². The predicted molar refractivity (Wildman–Crippen MR) is 110 cm³/mol. The highest BCUT2D eigenvalue weighted by molar-refractivity contribution is 5.78. The van der Waals surface area contributed by atoms with Crippen LogP contribution in [0.2, 0.25) is 0 Å². The number of aryl methyl sites for hydroxylation is 3. The van der Waals surface area contributed by atoms with Crippen LogP contribution in [0.3, 0.4) is 0 Å². The Labute approximate surface area is 164 Å². The number of aromatic nitrogens is 2. The fourth-order valence-corrected chi connectivity index (χ4v) is 3.39. The van der Waals surface area contributed by atoms with E-state index in [1.807, 2.05) is 45.9 Å². The fraction of sp³-hybridized carbons (Fsp3) is 0.318. The van der Waals surface area contributed by atoms with Gasteiger partial charge in [0.25, 0.3) is 11.5 Å². The van der Waals surface area contributed by atoms with E-state index in [4.69, 9.17) is 4.74 Å². The topological polar surface area (TPSA) is 75.3 Å². The molecule has 0 spiro atoms. The summed E-state index contributed by atoms with van der Waals surface area (Å²) in [5.41, 5.74) is 3.59. The molecule has 0 bridgehead atoms. The molecule has 0 saturated carbocycles. The summed E-state index contributed by atoms with van der Waals surface area (Å²) in [6, 6.07) is 11.2. The van der Waals surface area contributed by atoms with Gasteiger partial charge in [0.05, 0.1) is 17.4 Å². The van der Waals surface area contributed by atoms with Crippen LogP contribution in [0.5, 0.6) is 5.75 Å². The van der Waals surface area contributed by atoms with Gasteiger partial charge in [0.2, 0.25) is 0 Å². The van der Waals surface area contributed by atoms with E-state index in [9.17, 15) is 9.59 Å². The molecule has 0 aliphatic carbocycles. The molecule has 0 aliphatic heterocycles. The Morgan fingerprint density at radius 1 is 1.14 bits per heavy atom. The highest BCUT2D eigenvalue weighted by Gasteiger charge is 2.16. The van der Waals surface area contributed by atoms with Gasteiger partial charge in [0, 0.05) is 6.54 Å². The summed E-state index contributed by atoms with van der Waals surface area (Å²) in [6.07, 6.45) is 0.